The molecule has 22 heavy (non-hydrogen) atoms. The highest BCUT2D eigenvalue weighted by Gasteiger charge is 2.21. The first-order chi connectivity index (χ1) is 10.5. The van der Waals surface area contributed by atoms with Crippen LogP contribution < -0.4 is 0 Å². The van der Waals surface area contributed by atoms with E-state index in [0.29, 0.717) is 11.8 Å². The first-order valence-corrected chi connectivity index (χ1v) is 8.27. The molecule has 0 saturated heterocycles. The highest BCUT2D eigenvalue weighted by molar-refractivity contribution is 7.17. The highest BCUT2D eigenvalue weighted by atomic mass is 32.1. The summed E-state index contributed by atoms with van der Waals surface area (Å²) in [5, 5.41) is 8.19. The van der Waals surface area contributed by atoms with Crippen LogP contribution in [0.25, 0.3) is 4.96 Å². The Morgan fingerprint density at radius 1 is 1.36 bits per heavy atom. The number of fused-ring (bicyclic) bond motifs is 1. The van der Waals surface area contributed by atoms with Crippen LogP contribution in [0.2, 0.25) is 0 Å². The van der Waals surface area contributed by atoms with Gasteiger partial charge in [-0.2, -0.15) is 0 Å². The monoisotopic (exact) mass is 319 g/mol. The topological polar surface area (TPSA) is 59.5 Å². The zero-order valence-corrected chi connectivity index (χ0v) is 14.4. The van der Waals surface area contributed by atoms with Crippen molar-refractivity contribution in [2.45, 2.75) is 46.7 Å². The predicted molar refractivity (Wildman–Crippen MR) is 86.1 cm³/mol. The molecular formula is C15H21N5OS. The summed E-state index contributed by atoms with van der Waals surface area (Å²) in [6.07, 6.45) is 2.91. The van der Waals surface area contributed by atoms with E-state index in [9.17, 15) is 0 Å². The summed E-state index contributed by atoms with van der Waals surface area (Å²) in [4.78, 5) is 9.17. The number of imidazole rings is 1. The van der Waals surface area contributed by atoms with Gasteiger partial charge in [-0.3, -0.25) is 9.30 Å². The van der Waals surface area contributed by atoms with Crippen LogP contribution in [0.4, 0.5) is 0 Å². The minimum Gasteiger partial charge on any atom is -0.424 e. The molecule has 0 amide bonds. The van der Waals surface area contributed by atoms with Crippen molar-refractivity contribution in [2.24, 2.45) is 0 Å². The quantitative estimate of drug-likeness (QED) is 0.723. The van der Waals surface area contributed by atoms with Gasteiger partial charge < -0.3 is 4.42 Å². The summed E-state index contributed by atoms with van der Waals surface area (Å²) in [6, 6.07) is 0.0671. The first kappa shape index (κ1) is 15.2. The van der Waals surface area contributed by atoms with Crippen LogP contribution >= 0.6 is 11.3 Å². The highest BCUT2D eigenvalue weighted by Crippen LogP contribution is 2.24. The molecule has 0 radical (unpaired) electrons. The summed E-state index contributed by atoms with van der Waals surface area (Å²) in [7, 11) is 2.07. The fraction of sp³-hybridized carbons (Fsp3) is 0.533. The minimum atomic E-state index is 0.0671. The second-order valence-corrected chi connectivity index (χ2v) is 6.83. The zero-order chi connectivity index (χ0) is 15.9. The molecule has 0 bridgehead atoms. The average molecular weight is 319 g/mol. The third-order valence-corrected chi connectivity index (χ3v) is 4.84. The molecule has 3 aromatic heterocycles. The fourth-order valence-electron chi connectivity index (χ4n) is 2.44. The Kier molecular flexibility index (Phi) is 4.01. The molecule has 3 aromatic rings. The van der Waals surface area contributed by atoms with E-state index < -0.39 is 0 Å². The standard InChI is InChI=1S/C15H21N5OS/c1-6-13-17-18-14(21-13)11(4)19(5)8-12-10(3)16-15-20(12)7-9(2)22-15/h7,11H,6,8H2,1-5H3/t11-/m0/s1. The van der Waals surface area contributed by atoms with Gasteiger partial charge in [0, 0.05) is 24.0 Å². The maximum absolute atomic E-state index is 5.67. The molecule has 6 nitrogen and oxygen atoms in total. The number of aryl methyl sites for hydroxylation is 3. The Morgan fingerprint density at radius 2 is 2.14 bits per heavy atom. The van der Waals surface area contributed by atoms with Crippen LogP contribution in [0, 0.1) is 13.8 Å². The molecule has 0 aliphatic rings. The van der Waals surface area contributed by atoms with Crippen LogP contribution in [0.3, 0.4) is 0 Å². The molecular weight excluding hydrogens is 298 g/mol. The lowest BCUT2D eigenvalue weighted by Gasteiger charge is -2.21. The predicted octanol–water partition coefficient (Wildman–Crippen LogP) is 3.15. The van der Waals surface area contributed by atoms with Gasteiger partial charge in [0.1, 0.15) is 0 Å². The second kappa shape index (κ2) is 5.81. The molecule has 7 heteroatoms. The summed E-state index contributed by atoms with van der Waals surface area (Å²) >= 11 is 1.72. The van der Waals surface area contributed by atoms with Crippen molar-refractivity contribution in [1.82, 2.24) is 24.5 Å². The van der Waals surface area contributed by atoms with E-state index in [2.05, 4.69) is 58.5 Å². The normalized spacial score (nSPS) is 13.4. The van der Waals surface area contributed by atoms with Crippen molar-refractivity contribution in [2.75, 3.05) is 7.05 Å². The van der Waals surface area contributed by atoms with E-state index in [4.69, 9.17) is 4.42 Å². The summed E-state index contributed by atoms with van der Waals surface area (Å²) in [5.74, 6) is 1.35. The molecule has 0 unspecified atom stereocenters. The smallest absolute Gasteiger partial charge is 0.233 e. The van der Waals surface area contributed by atoms with Crippen LogP contribution in [0.15, 0.2) is 10.6 Å². The number of nitrogens with zero attached hydrogens (tertiary/aromatic N) is 5. The largest absolute Gasteiger partial charge is 0.424 e. The number of hydrogen-bond donors (Lipinski definition) is 0. The van der Waals surface area contributed by atoms with E-state index >= 15 is 0 Å². The maximum atomic E-state index is 5.67. The molecule has 0 fully saturated rings. The number of hydrogen-bond acceptors (Lipinski definition) is 6. The Morgan fingerprint density at radius 3 is 2.82 bits per heavy atom. The molecule has 0 aliphatic heterocycles. The lowest BCUT2D eigenvalue weighted by Crippen LogP contribution is -2.23. The van der Waals surface area contributed by atoms with Crippen LogP contribution in [0.5, 0.6) is 0 Å². The lowest BCUT2D eigenvalue weighted by atomic mass is 10.2. The summed E-state index contributed by atoms with van der Waals surface area (Å²) < 4.78 is 7.86. The first-order valence-electron chi connectivity index (χ1n) is 7.46. The Bertz CT molecular complexity index is 787. The molecule has 3 rings (SSSR count). The number of thiazole rings is 1. The average Bonchev–Trinajstić information content (AvgIpc) is 3.15. The number of aromatic nitrogens is 4. The van der Waals surface area contributed by atoms with Crippen molar-refractivity contribution in [3.63, 3.8) is 0 Å². The van der Waals surface area contributed by atoms with Gasteiger partial charge in [-0.25, -0.2) is 4.98 Å². The van der Waals surface area contributed by atoms with E-state index in [1.807, 2.05) is 6.92 Å². The van der Waals surface area contributed by atoms with Crippen LogP contribution in [-0.4, -0.2) is 31.5 Å². The summed E-state index contributed by atoms with van der Waals surface area (Å²) in [5.41, 5.74) is 2.29. The van der Waals surface area contributed by atoms with Crippen molar-refractivity contribution >= 4 is 16.3 Å². The van der Waals surface area contributed by atoms with Gasteiger partial charge in [0.2, 0.25) is 11.8 Å². The van der Waals surface area contributed by atoms with E-state index in [1.54, 1.807) is 11.3 Å². The molecule has 1 atom stereocenters. The van der Waals surface area contributed by atoms with Crippen LogP contribution in [0.1, 0.15) is 47.9 Å². The maximum Gasteiger partial charge on any atom is 0.233 e. The van der Waals surface area contributed by atoms with Gasteiger partial charge in [0.25, 0.3) is 0 Å². The van der Waals surface area contributed by atoms with Gasteiger partial charge in [-0.05, 0) is 27.8 Å². The van der Waals surface area contributed by atoms with Gasteiger partial charge in [0.15, 0.2) is 4.96 Å². The second-order valence-electron chi connectivity index (χ2n) is 5.62. The van der Waals surface area contributed by atoms with E-state index in [-0.39, 0.29) is 6.04 Å². The van der Waals surface area contributed by atoms with Gasteiger partial charge >= 0.3 is 0 Å². The Balaban J connectivity index is 1.82. The zero-order valence-electron chi connectivity index (χ0n) is 13.6. The van der Waals surface area contributed by atoms with Crippen molar-refractivity contribution in [3.05, 3.63) is 34.2 Å². The van der Waals surface area contributed by atoms with Crippen molar-refractivity contribution in [1.29, 1.82) is 0 Å². The Hall–Kier alpha value is -1.73. The molecule has 0 aromatic carbocycles. The van der Waals surface area contributed by atoms with Gasteiger partial charge in [-0.15, -0.1) is 21.5 Å². The van der Waals surface area contributed by atoms with Gasteiger partial charge in [0.05, 0.1) is 17.4 Å². The van der Waals surface area contributed by atoms with Crippen molar-refractivity contribution < 1.29 is 4.42 Å². The van der Waals surface area contributed by atoms with E-state index in [0.717, 1.165) is 23.6 Å². The number of rotatable bonds is 5. The fourth-order valence-corrected chi connectivity index (χ4v) is 3.33. The third-order valence-electron chi connectivity index (χ3n) is 3.94. The third kappa shape index (κ3) is 2.66. The molecule has 0 aliphatic carbocycles. The summed E-state index contributed by atoms with van der Waals surface area (Å²) in [6.45, 7) is 9.05. The van der Waals surface area contributed by atoms with Crippen molar-refractivity contribution in [3.8, 4) is 0 Å². The minimum absolute atomic E-state index is 0.0671. The van der Waals surface area contributed by atoms with E-state index in [1.165, 1.54) is 10.6 Å². The molecule has 0 spiro atoms. The molecule has 3 heterocycles. The molecule has 0 N–H and O–H groups in total. The lowest BCUT2D eigenvalue weighted by molar-refractivity contribution is 0.211. The SMILES string of the molecule is CCc1nnc([C@H](C)N(C)Cc2c(C)nc3sc(C)cn23)o1. The molecule has 118 valence electrons. The van der Waals surface area contributed by atoms with Crippen LogP contribution in [-0.2, 0) is 13.0 Å². The molecule has 0 saturated carbocycles. The Labute approximate surface area is 133 Å². The van der Waals surface area contributed by atoms with Gasteiger partial charge in [-0.1, -0.05) is 6.92 Å².